The van der Waals surface area contributed by atoms with Crippen molar-refractivity contribution in [1.29, 1.82) is 0 Å². The summed E-state index contributed by atoms with van der Waals surface area (Å²) >= 11 is 0. The molecule has 0 spiro atoms. The molecule has 1 aliphatic rings. The lowest BCUT2D eigenvalue weighted by atomic mass is 9.96. The van der Waals surface area contributed by atoms with Gasteiger partial charge in [0.05, 0.1) is 12.6 Å². The molecule has 0 bridgehead atoms. The Kier molecular flexibility index (Phi) is 4.36. The standard InChI is InChI=1S/C19H25N7O3/c1-19(2,3)10-25-13-9-12(22-18-20-7-8-24(18)4)23-26(13)17(29)14(16(25)28)15(27)21-11-5-6-11/h7-9,11H,5-6,10H2,1-4H3,(H3,20,21,22,23,27,28,29)/p+1. The monoisotopic (exact) mass is 400 g/mol. The van der Waals surface area contributed by atoms with E-state index in [4.69, 9.17) is 0 Å². The van der Waals surface area contributed by atoms with E-state index in [2.05, 4.69) is 20.7 Å². The van der Waals surface area contributed by atoms with Crippen molar-refractivity contribution in [2.45, 2.75) is 46.2 Å². The Balaban J connectivity index is 1.86. The fourth-order valence-corrected chi connectivity index (χ4v) is 3.19. The zero-order valence-corrected chi connectivity index (χ0v) is 17.0. The first-order valence-electron chi connectivity index (χ1n) is 9.60. The van der Waals surface area contributed by atoms with Crippen LogP contribution < -0.4 is 20.8 Å². The van der Waals surface area contributed by atoms with Gasteiger partial charge in [-0.3, -0.25) is 4.79 Å². The van der Waals surface area contributed by atoms with Gasteiger partial charge in [-0.05, 0) is 18.3 Å². The van der Waals surface area contributed by atoms with E-state index in [0.29, 0.717) is 24.0 Å². The van der Waals surface area contributed by atoms with Crippen LogP contribution in [0.1, 0.15) is 44.0 Å². The minimum atomic E-state index is -0.603. The van der Waals surface area contributed by atoms with Crippen LogP contribution in [0.5, 0.6) is 5.88 Å². The molecule has 0 atom stereocenters. The van der Waals surface area contributed by atoms with Crippen LogP contribution in [0.4, 0.5) is 11.8 Å². The molecular weight excluding hydrogens is 374 g/mol. The fourth-order valence-electron chi connectivity index (χ4n) is 3.19. The Bertz CT molecular complexity index is 1150. The van der Waals surface area contributed by atoms with Crippen molar-refractivity contribution in [1.82, 2.24) is 24.5 Å². The van der Waals surface area contributed by atoms with Crippen LogP contribution in [0, 0.1) is 5.41 Å². The van der Waals surface area contributed by atoms with Gasteiger partial charge in [-0.2, -0.15) is 4.57 Å². The highest BCUT2D eigenvalue weighted by atomic mass is 16.3. The van der Waals surface area contributed by atoms with E-state index in [0.717, 1.165) is 12.8 Å². The molecule has 3 aromatic heterocycles. The third-order valence-corrected chi connectivity index (χ3v) is 4.75. The van der Waals surface area contributed by atoms with E-state index < -0.39 is 11.5 Å². The Hall–Kier alpha value is -3.30. The number of nitrogens with one attached hydrogen (secondary N) is 3. The second-order valence-electron chi connectivity index (χ2n) is 8.75. The third-order valence-electron chi connectivity index (χ3n) is 4.75. The van der Waals surface area contributed by atoms with Crippen molar-refractivity contribution < 1.29 is 14.5 Å². The van der Waals surface area contributed by atoms with Gasteiger partial charge in [0.2, 0.25) is 11.5 Å². The molecule has 3 heterocycles. The number of hydrogen-bond donors (Lipinski definition) is 4. The lowest BCUT2D eigenvalue weighted by molar-refractivity contribution is -0.692. The van der Waals surface area contributed by atoms with Crippen molar-refractivity contribution in [3.8, 4) is 5.88 Å². The summed E-state index contributed by atoms with van der Waals surface area (Å²) in [6.07, 6.45) is 5.22. The number of hydrogen-bond acceptors (Lipinski definition) is 5. The SMILES string of the molecule is Cn1ccnc1Nc1cc2n([nH]1)c(=O)c(C(=O)NC1CC1)c(O)[n+]2CC(C)(C)C. The van der Waals surface area contributed by atoms with E-state index in [9.17, 15) is 14.7 Å². The highest BCUT2D eigenvalue weighted by molar-refractivity contribution is 5.96. The Labute approximate surface area is 167 Å². The average Bonchev–Trinajstić information content (AvgIpc) is 3.18. The number of amides is 1. The number of aromatic amines is 1. The normalized spacial score (nSPS) is 14.3. The molecule has 10 nitrogen and oxygen atoms in total. The second kappa shape index (κ2) is 6.64. The highest BCUT2D eigenvalue weighted by Gasteiger charge is 2.34. The van der Waals surface area contributed by atoms with Gasteiger partial charge in [0.15, 0.2) is 5.82 Å². The summed E-state index contributed by atoms with van der Waals surface area (Å²) in [7, 11) is 1.84. The van der Waals surface area contributed by atoms with E-state index in [1.165, 1.54) is 4.52 Å². The highest BCUT2D eigenvalue weighted by Crippen LogP contribution is 2.22. The van der Waals surface area contributed by atoms with Gasteiger partial charge >= 0.3 is 17.1 Å². The topological polar surface area (TPSA) is 120 Å². The maximum atomic E-state index is 13.0. The van der Waals surface area contributed by atoms with Crippen LogP contribution in [0.15, 0.2) is 23.3 Å². The van der Waals surface area contributed by atoms with Crippen molar-refractivity contribution >= 4 is 23.3 Å². The number of carbonyl (C=O) groups is 1. The number of anilines is 2. The number of aromatic nitrogens is 5. The molecule has 3 aromatic rings. The molecule has 4 rings (SSSR count). The Morgan fingerprint density at radius 3 is 2.72 bits per heavy atom. The minimum absolute atomic E-state index is 0.0716. The molecule has 0 aromatic carbocycles. The van der Waals surface area contributed by atoms with E-state index >= 15 is 0 Å². The molecule has 0 saturated heterocycles. The van der Waals surface area contributed by atoms with Gasteiger partial charge < -0.3 is 20.3 Å². The van der Waals surface area contributed by atoms with Crippen LogP contribution in [0.2, 0.25) is 0 Å². The zero-order valence-electron chi connectivity index (χ0n) is 17.0. The number of carbonyl (C=O) groups excluding carboxylic acids is 1. The van der Waals surface area contributed by atoms with Crippen molar-refractivity contribution in [3.05, 3.63) is 34.4 Å². The van der Waals surface area contributed by atoms with Crippen molar-refractivity contribution in [2.75, 3.05) is 5.32 Å². The van der Waals surface area contributed by atoms with Crippen LogP contribution in [-0.2, 0) is 13.6 Å². The first-order valence-corrected chi connectivity index (χ1v) is 9.60. The summed E-state index contributed by atoms with van der Waals surface area (Å²) in [6, 6.07) is 1.78. The number of aromatic hydroxyl groups is 1. The molecule has 0 unspecified atom stereocenters. The first-order chi connectivity index (χ1) is 13.6. The number of fused-ring (bicyclic) bond motifs is 1. The maximum Gasteiger partial charge on any atom is 0.378 e. The van der Waals surface area contributed by atoms with E-state index in [1.54, 1.807) is 27.6 Å². The summed E-state index contributed by atoms with van der Waals surface area (Å²) in [6.45, 7) is 6.46. The number of imidazole rings is 1. The van der Waals surface area contributed by atoms with Gasteiger partial charge in [0.25, 0.3) is 5.91 Å². The van der Waals surface area contributed by atoms with Gasteiger partial charge in [-0.1, -0.05) is 25.3 Å². The number of H-pyrrole nitrogens is 1. The summed E-state index contributed by atoms with van der Waals surface area (Å²) in [5.74, 6) is 0.215. The molecule has 0 aliphatic heterocycles. The van der Waals surface area contributed by atoms with E-state index in [-0.39, 0.29) is 22.9 Å². The van der Waals surface area contributed by atoms with Crippen LogP contribution in [-0.4, -0.2) is 36.2 Å². The first kappa shape index (κ1) is 19.0. The number of rotatable bonds is 5. The van der Waals surface area contributed by atoms with E-state index in [1.807, 2.05) is 27.8 Å². The maximum absolute atomic E-state index is 13.0. The Morgan fingerprint density at radius 2 is 2.14 bits per heavy atom. The van der Waals surface area contributed by atoms with Crippen molar-refractivity contribution in [2.24, 2.45) is 12.5 Å². The second-order valence-corrected chi connectivity index (χ2v) is 8.75. The molecular formula is C19H26N7O3+. The third kappa shape index (κ3) is 3.69. The van der Waals surface area contributed by atoms with Gasteiger partial charge in [-0.15, -0.1) is 0 Å². The fraction of sp³-hybridized carbons (Fsp3) is 0.474. The lowest BCUT2D eigenvalue weighted by Gasteiger charge is -2.17. The van der Waals surface area contributed by atoms with Gasteiger partial charge in [0.1, 0.15) is 0 Å². The quantitative estimate of drug-likeness (QED) is 0.477. The Morgan fingerprint density at radius 1 is 1.41 bits per heavy atom. The summed E-state index contributed by atoms with van der Waals surface area (Å²) in [5.41, 5.74) is -0.616. The molecule has 1 fully saturated rings. The molecule has 1 amide bonds. The lowest BCUT2D eigenvalue weighted by Crippen LogP contribution is -2.47. The van der Waals surface area contributed by atoms with Crippen LogP contribution in [0.25, 0.3) is 5.65 Å². The predicted octanol–water partition coefficient (Wildman–Crippen LogP) is 1.04. The molecule has 10 heteroatoms. The molecule has 1 aliphatic carbocycles. The largest absolute Gasteiger partial charge is 0.477 e. The summed E-state index contributed by atoms with van der Waals surface area (Å²) in [5, 5.41) is 19.8. The van der Waals surface area contributed by atoms with Crippen molar-refractivity contribution in [3.63, 3.8) is 0 Å². The molecule has 154 valence electrons. The molecule has 4 N–H and O–H groups in total. The van der Waals surface area contributed by atoms with Crippen LogP contribution >= 0.6 is 0 Å². The minimum Gasteiger partial charge on any atom is -0.477 e. The van der Waals surface area contributed by atoms with Gasteiger partial charge in [0, 0.05) is 25.5 Å². The van der Waals surface area contributed by atoms with Gasteiger partial charge in [-0.25, -0.2) is 14.9 Å². The smallest absolute Gasteiger partial charge is 0.378 e. The number of nitrogens with zero attached hydrogens (tertiary/aromatic N) is 4. The average molecular weight is 400 g/mol. The zero-order chi connectivity index (χ0) is 20.9. The molecule has 0 radical (unpaired) electrons. The predicted molar refractivity (Wildman–Crippen MR) is 106 cm³/mol. The van der Waals surface area contributed by atoms with Crippen LogP contribution in [0.3, 0.4) is 0 Å². The molecule has 29 heavy (non-hydrogen) atoms. The molecule has 1 saturated carbocycles. The summed E-state index contributed by atoms with van der Waals surface area (Å²) in [4.78, 5) is 29.9. The summed E-state index contributed by atoms with van der Waals surface area (Å²) < 4.78 is 4.66. The number of aryl methyl sites for hydroxylation is 1.